The predicted molar refractivity (Wildman–Crippen MR) is 52.2 cm³/mol. The van der Waals surface area contributed by atoms with Crippen LogP contribution in [0.25, 0.3) is 10.6 Å². The van der Waals surface area contributed by atoms with Gasteiger partial charge in [0.2, 0.25) is 0 Å². The molecule has 1 heterocycles. The van der Waals surface area contributed by atoms with E-state index in [2.05, 4.69) is 4.98 Å². The third-order valence-corrected chi connectivity index (χ3v) is 2.67. The molecule has 13 heavy (non-hydrogen) atoms. The van der Waals surface area contributed by atoms with E-state index >= 15 is 0 Å². The average molecular weight is 193 g/mol. The molecule has 3 heteroatoms. The molecule has 0 saturated heterocycles. The maximum Gasteiger partial charge on any atom is 0.133 e. The van der Waals surface area contributed by atoms with Crippen LogP contribution in [0, 0.1) is 12.7 Å². The highest BCUT2D eigenvalue weighted by molar-refractivity contribution is 7.14. The van der Waals surface area contributed by atoms with Gasteiger partial charge in [0.1, 0.15) is 10.8 Å². The molecule has 0 radical (unpaired) electrons. The fourth-order valence-corrected chi connectivity index (χ4v) is 1.91. The normalized spacial score (nSPS) is 10.3. The smallest absolute Gasteiger partial charge is 0.133 e. The van der Waals surface area contributed by atoms with Crippen molar-refractivity contribution in [2.24, 2.45) is 0 Å². The third kappa shape index (κ3) is 1.60. The van der Waals surface area contributed by atoms with Gasteiger partial charge in [-0.1, -0.05) is 12.1 Å². The van der Waals surface area contributed by atoms with E-state index in [9.17, 15) is 4.39 Å². The molecule has 0 bridgehead atoms. The van der Waals surface area contributed by atoms with Gasteiger partial charge in [0.25, 0.3) is 0 Å². The molecule has 2 rings (SSSR count). The van der Waals surface area contributed by atoms with Crippen molar-refractivity contribution in [2.75, 3.05) is 0 Å². The largest absolute Gasteiger partial charge is 0.244 e. The molecule has 1 nitrogen and oxygen atoms in total. The molecule has 1 aromatic heterocycles. The second-order valence-corrected chi connectivity index (χ2v) is 3.99. The minimum atomic E-state index is -0.211. The Hall–Kier alpha value is -1.22. The van der Waals surface area contributed by atoms with Crippen molar-refractivity contribution < 1.29 is 4.39 Å². The molecule has 0 aliphatic carbocycles. The van der Waals surface area contributed by atoms with E-state index in [0.29, 0.717) is 5.56 Å². The van der Waals surface area contributed by atoms with Crippen molar-refractivity contribution in [1.82, 2.24) is 4.98 Å². The van der Waals surface area contributed by atoms with E-state index < -0.39 is 0 Å². The Labute approximate surface area is 79.9 Å². The van der Waals surface area contributed by atoms with Gasteiger partial charge < -0.3 is 0 Å². The molecule has 0 aliphatic heterocycles. The molecule has 0 aliphatic rings. The summed E-state index contributed by atoms with van der Waals surface area (Å²) in [6.45, 7) is 1.96. The molecule has 0 spiro atoms. The van der Waals surface area contributed by atoms with Crippen LogP contribution in [-0.4, -0.2) is 4.98 Å². The lowest BCUT2D eigenvalue weighted by Gasteiger charge is -1.96. The van der Waals surface area contributed by atoms with Crippen molar-refractivity contribution in [3.05, 3.63) is 41.2 Å². The Bertz CT molecular complexity index is 422. The van der Waals surface area contributed by atoms with Crippen molar-refractivity contribution >= 4 is 11.3 Å². The summed E-state index contributed by atoms with van der Waals surface area (Å²) in [7, 11) is 0. The van der Waals surface area contributed by atoms with Crippen LogP contribution in [0.4, 0.5) is 4.39 Å². The first-order chi connectivity index (χ1) is 6.27. The van der Waals surface area contributed by atoms with Crippen LogP contribution < -0.4 is 0 Å². The van der Waals surface area contributed by atoms with E-state index in [1.807, 2.05) is 13.0 Å². The Kier molecular flexibility index (Phi) is 2.10. The highest BCUT2D eigenvalue weighted by Crippen LogP contribution is 2.26. The van der Waals surface area contributed by atoms with Gasteiger partial charge in [0.15, 0.2) is 0 Å². The lowest BCUT2D eigenvalue weighted by atomic mass is 10.2. The SMILES string of the molecule is Cc1cnc(-c2ccccc2F)s1. The van der Waals surface area contributed by atoms with E-state index in [0.717, 1.165) is 9.88 Å². The Morgan fingerprint density at radius 2 is 2.08 bits per heavy atom. The Morgan fingerprint density at radius 1 is 1.31 bits per heavy atom. The fraction of sp³-hybridized carbons (Fsp3) is 0.100. The molecule has 0 unspecified atom stereocenters. The van der Waals surface area contributed by atoms with Crippen LogP contribution in [-0.2, 0) is 0 Å². The molecule has 0 amide bonds. The van der Waals surface area contributed by atoms with Crippen LogP contribution >= 0.6 is 11.3 Å². The maximum atomic E-state index is 13.3. The topological polar surface area (TPSA) is 12.9 Å². The Morgan fingerprint density at radius 3 is 2.69 bits per heavy atom. The van der Waals surface area contributed by atoms with Gasteiger partial charge >= 0.3 is 0 Å². The number of hydrogen-bond acceptors (Lipinski definition) is 2. The number of nitrogens with zero attached hydrogens (tertiary/aromatic N) is 1. The monoisotopic (exact) mass is 193 g/mol. The van der Waals surface area contributed by atoms with E-state index in [1.165, 1.54) is 17.4 Å². The summed E-state index contributed by atoms with van der Waals surface area (Å²) in [6, 6.07) is 6.69. The van der Waals surface area contributed by atoms with Gasteiger partial charge in [0, 0.05) is 16.6 Å². The number of rotatable bonds is 1. The molecule has 66 valence electrons. The predicted octanol–water partition coefficient (Wildman–Crippen LogP) is 3.26. The van der Waals surface area contributed by atoms with E-state index in [-0.39, 0.29) is 5.82 Å². The minimum absolute atomic E-state index is 0.211. The maximum absolute atomic E-state index is 13.3. The zero-order valence-electron chi connectivity index (χ0n) is 7.12. The quantitative estimate of drug-likeness (QED) is 0.677. The molecule has 0 fully saturated rings. The molecule has 0 N–H and O–H groups in total. The standard InChI is InChI=1S/C10H8FNS/c1-7-6-12-10(13-7)8-4-2-3-5-9(8)11/h2-6H,1H3. The zero-order valence-corrected chi connectivity index (χ0v) is 7.94. The van der Waals surface area contributed by atoms with Crippen LogP contribution in [0.15, 0.2) is 30.5 Å². The first kappa shape index (κ1) is 8.38. The van der Waals surface area contributed by atoms with Crippen LogP contribution in [0.3, 0.4) is 0 Å². The average Bonchev–Trinajstić information content (AvgIpc) is 2.53. The summed E-state index contributed by atoms with van der Waals surface area (Å²) in [6.07, 6.45) is 1.76. The summed E-state index contributed by atoms with van der Waals surface area (Å²) in [4.78, 5) is 5.22. The highest BCUT2D eigenvalue weighted by atomic mass is 32.1. The van der Waals surface area contributed by atoms with E-state index in [4.69, 9.17) is 0 Å². The van der Waals surface area contributed by atoms with Gasteiger partial charge in [-0.2, -0.15) is 0 Å². The van der Waals surface area contributed by atoms with Gasteiger partial charge in [-0.25, -0.2) is 9.37 Å². The minimum Gasteiger partial charge on any atom is -0.244 e. The van der Waals surface area contributed by atoms with Crippen LogP contribution in [0.1, 0.15) is 4.88 Å². The summed E-state index contributed by atoms with van der Waals surface area (Å²) in [5.74, 6) is -0.211. The van der Waals surface area contributed by atoms with Crippen LogP contribution in [0.5, 0.6) is 0 Å². The summed E-state index contributed by atoms with van der Waals surface area (Å²) in [5.41, 5.74) is 0.584. The van der Waals surface area contributed by atoms with Crippen molar-refractivity contribution in [1.29, 1.82) is 0 Å². The summed E-state index contributed by atoms with van der Waals surface area (Å²) in [5, 5.41) is 0.746. The van der Waals surface area contributed by atoms with Gasteiger partial charge in [-0.05, 0) is 19.1 Å². The molecular weight excluding hydrogens is 185 g/mol. The summed E-state index contributed by atoms with van der Waals surface area (Å²) >= 11 is 1.50. The molecule has 2 aromatic rings. The first-order valence-electron chi connectivity index (χ1n) is 3.95. The third-order valence-electron chi connectivity index (χ3n) is 1.73. The van der Waals surface area contributed by atoms with Crippen molar-refractivity contribution in [2.45, 2.75) is 6.92 Å². The number of thiazole rings is 1. The van der Waals surface area contributed by atoms with Gasteiger partial charge in [-0.15, -0.1) is 11.3 Å². The number of hydrogen-bond donors (Lipinski definition) is 0. The first-order valence-corrected chi connectivity index (χ1v) is 4.76. The molecule has 0 saturated carbocycles. The van der Waals surface area contributed by atoms with Crippen molar-refractivity contribution in [3.8, 4) is 10.6 Å². The van der Waals surface area contributed by atoms with Gasteiger partial charge in [-0.3, -0.25) is 0 Å². The zero-order chi connectivity index (χ0) is 9.26. The van der Waals surface area contributed by atoms with Crippen LogP contribution in [0.2, 0.25) is 0 Å². The number of benzene rings is 1. The van der Waals surface area contributed by atoms with E-state index in [1.54, 1.807) is 18.3 Å². The Balaban J connectivity index is 2.52. The lowest BCUT2D eigenvalue weighted by molar-refractivity contribution is 0.631. The second-order valence-electron chi connectivity index (χ2n) is 2.76. The number of aryl methyl sites for hydroxylation is 1. The van der Waals surface area contributed by atoms with Crippen molar-refractivity contribution in [3.63, 3.8) is 0 Å². The number of aromatic nitrogens is 1. The number of halogens is 1. The fourth-order valence-electron chi connectivity index (χ4n) is 1.11. The highest BCUT2D eigenvalue weighted by Gasteiger charge is 2.06. The van der Waals surface area contributed by atoms with Gasteiger partial charge in [0.05, 0.1) is 0 Å². The molecule has 1 aromatic carbocycles. The molecule has 0 atom stereocenters. The molecular formula is C10H8FNS. The lowest BCUT2D eigenvalue weighted by Crippen LogP contribution is -1.80. The summed E-state index contributed by atoms with van der Waals surface area (Å²) < 4.78 is 13.3. The second kappa shape index (κ2) is 3.26.